The van der Waals surface area contributed by atoms with Crippen LogP contribution in [0.2, 0.25) is 0 Å². The zero-order valence-electron chi connectivity index (χ0n) is 18.3. The molecule has 0 aromatic carbocycles. The molecule has 1 unspecified atom stereocenters. The van der Waals surface area contributed by atoms with Crippen molar-refractivity contribution in [3.05, 3.63) is 16.1 Å². The van der Waals surface area contributed by atoms with Gasteiger partial charge in [0.25, 0.3) is 0 Å². The van der Waals surface area contributed by atoms with E-state index < -0.39 is 11.6 Å². The molecule has 1 N–H and O–H groups in total. The van der Waals surface area contributed by atoms with Gasteiger partial charge in [-0.25, -0.2) is 14.6 Å². The van der Waals surface area contributed by atoms with Crippen molar-refractivity contribution in [3.8, 4) is 0 Å². The molecule has 0 bridgehead atoms. The normalized spacial score (nSPS) is 12.0. The molecule has 0 saturated carbocycles. The lowest BCUT2D eigenvalue weighted by molar-refractivity contribution is 0.0156. The maximum atomic E-state index is 12.3. The first-order chi connectivity index (χ1) is 13.1. The minimum atomic E-state index is -1.06. The van der Waals surface area contributed by atoms with E-state index in [4.69, 9.17) is 14.6 Å². The van der Waals surface area contributed by atoms with E-state index in [1.54, 1.807) is 4.90 Å². The zero-order chi connectivity index (χ0) is 21.7. The van der Waals surface area contributed by atoms with Gasteiger partial charge in [-0.15, -0.1) is 11.3 Å². The molecule has 0 fully saturated rings. The van der Waals surface area contributed by atoms with Crippen molar-refractivity contribution in [2.45, 2.75) is 79.4 Å². The van der Waals surface area contributed by atoms with Crippen molar-refractivity contribution in [1.29, 1.82) is 0 Å². The molecule has 1 heterocycles. The van der Waals surface area contributed by atoms with Crippen LogP contribution in [0.5, 0.6) is 0 Å². The number of thiazole rings is 1. The Hall–Kier alpha value is -1.67. The summed E-state index contributed by atoms with van der Waals surface area (Å²) in [6.07, 6.45) is 1.90. The molecule has 1 rings (SSSR count). The van der Waals surface area contributed by atoms with Gasteiger partial charge < -0.3 is 19.5 Å². The third-order valence-electron chi connectivity index (χ3n) is 3.19. The van der Waals surface area contributed by atoms with Crippen LogP contribution in [0, 0.1) is 0 Å². The highest BCUT2D eigenvalue weighted by molar-refractivity contribution is 7.09. The zero-order valence-corrected chi connectivity index (χ0v) is 19.1. The summed E-state index contributed by atoms with van der Waals surface area (Å²) < 4.78 is 11.1. The molecule has 0 aliphatic heterocycles. The molecule has 1 aromatic heterocycles. The maximum absolute atomic E-state index is 12.3. The first kappa shape index (κ1) is 26.3. The number of carbonyl (C=O) groups excluding carboxylic acids is 1. The second-order valence-corrected chi connectivity index (χ2v) is 8.17. The van der Waals surface area contributed by atoms with Crippen molar-refractivity contribution in [3.63, 3.8) is 0 Å². The van der Waals surface area contributed by atoms with Gasteiger partial charge in [0, 0.05) is 25.1 Å². The summed E-state index contributed by atoms with van der Waals surface area (Å²) in [5, 5.41) is 11.1. The fourth-order valence-corrected chi connectivity index (χ4v) is 3.05. The number of carboxylic acids is 1. The molecule has 0 spiro atoms. The number of aromatic nitrogens is 1. The Morgan fingerprint density at radius 3 is 2.25 bits per heavy atom. The SMILES string of the molecule is CCC.CCCN(CCC(OCC)c1nc(C(=O)O)cs1)C(=O)OC(C)(C)C. The van der Waals surface area contributed by atoms with Crippen LogP contribution >= 0.6 is 11.3 Å². The molecular weight excluding hydrogens is 380 g/mol. The third-order valence-corrected chi connectivity index (χ3v) is 4.13. The van der Waals surface area contributed by atoms with Crippen LogP contribution in [0.4, 0.5) is 4.79 Å². The molecule has 28 heavy (non-hydrogen) atoms. The number of rotatable bonds is 9. The van der Waals surface area contributed by atoms with Crippen molar-refractivity contribution >= 4 is 23.4 Å². The van der Waals surface area contributed by atoms with Crippen LogP contribution < -0.4 is 0 Å². The highest BCUT2D eigenvalue weighted by atomic mass is 32.1. The largest absolute Gasteiger partial charge is 0.476 e. The summed E-state index contributed by atoms with van der Waals surface area (Å²) in [4.78, 5) is 29.1. The van der Waals surface area contributed by atoms with Gasteiger partial charge in [-0.05, 0) is 40.5 Å². The molecule has 7 nitrogen and oxygen atoms in total. The number of carboxylic acid groups (broad SMARTS) is 1. The first-order valence-corrected chi connectivity index (χ1v) is 10.8. The quantitative estimate of drug-likeness (QED) is 0.582. The molecule has 0 saturated heterocycles. The Morgan fingerprint density at radius 2 is 1.82 bits per heavy atom. The highest BCUT2D eigenvalue weighted by Gasteiger charge is 2.24. The van der Waals surface area contributed by atoms with Crippen LogP contribution in [0.25, 0.3) is 0 Å². The van der Waals surface area contributed by atoms with E-state index >= 15 is 0 Å². The molecule has 162 valence electrons. The van der Waals surface area contributed by atoms with Gasteiger partial charge in [0.15, 0.2) is 5.69 Å². The van der Waals surface area contributed by atoms with Crippen molar-refractivity contribution in [2.75, 3.05) is 19.7 Å². The minimum absolute atomic E-state index is 0.0160. The number of carbonyl (C=O) groups is 2. The monoisotopic (exact) mass is 416 g/mol. The molecule has 1 aromatic rings. The molecule has 8 heteroatoms. The Labute approximate surface area is 173 Å². The predicted molar refractivity (Wildman–Crippen MR) is 112 cm³/mol. The van der Waals surface area contributed by atoms with E-state index in [1.165, 1.54) is 23.1 Å². The number of hydrogen-bond acceptors (Lipinski definition) is 6. The standard InChI is InChI=1S/C17H28N2O5S.C3H8/c1-6-9-19(16(22)24-17(3,4)5)10-8-13(23-7-2)14-18-12(11-25-14)15(20)21;1-3-2/h11,13H,6-10H2,1-5H3,(H,20,21);3H2,1-2H3. The highest BCUT2D eigenvalue weighted by Crippen LogP contribution is 2.25. The molecule has 1 amide bonds. The number of hydrogen-bond donors (Lipinski definition) is 1. The van der Waals surface area contributed by atoms with Gasteiger partial charge in [-0.1, -0.05) is 27.2 Å². The Balaban J connectivity index is 0.00000227. The fourth-order valence-electron chi connectivity index (χ4n) is 2.18. The summed E-state index contributed by atoms with van der Waals surface area (Å²) in [6.45, 7) is 15.1. The maximum Gasteiger partial charge on any atom is 0.410 e. The van der Waals surface area contributed by atoms with E-state index in [9.17, 15) is 9.59 Å². The van der Waals surface area contributed by atoms with E-state index in [0.717, 1.165) is 6.42 Å². The summed E-state index contributed by atoms with van der Waals surface area (Å²) in [5.41, 5.74) is -0.532. The summed E-state index contributed by atoms with van der Waals surface area (Å²) in [7, 11) is 0. The molecular formula is C20H36N2O5S. The van der Waals surface area contributed by atoms with Crippen molar-refractivity contribution < 1.29 is 24.2 Å². The topological polar surface area (TPSA) is 89.0 Å². The summed E-state index contributed by atoms with van der Waals surface area (Å²) in [6, 6.07) is 0. The summed E-state index contributed by atoms with van der Waals surface area (Å²) >= 11 is 1.26. The molecule has 0 aliphatic rings. The average Bonchev–Trinajstić information content (AvgIpc) is 3.06. The van der Waals surface area contributed by atoms with Gasteiger partial charge in [0.1, 0.15) is 16.7 Å². The number of nitrogens with zero attached hydrogens (tertiary/aromatic N) is 2. The first-order valence-electron chi connectivity index (χ1n) is 9.87. The number of aromatic carboxylic acids is 1. The molecule has 1 atom stereocenters. The third kappa shape index (κ3) is 10.6. The van der Waals surface area contributed by atoms with Crippen LogP contribution in [-0.4, -0.2) is 52.4 Å². The lowest BCUT2D eigenvalue weighted by Gasteiger charge is -2.28. The second-order valence-electron chi connectivity index (χ2n) is 7.28. The molecule has 0 aliphatic carbocycles. The fraction of sp³-hybridized carbons (Fsp3) is 0.750. The van der Waals surface area contributed by atoms with Crippen LogP contribution in [0.1, 0.15) is 89.3 Å². The predicted octanol–water partition coefficient (Wildman–Crippen LogP) is 5.37. The number of amides is 1. The van der Waals surface area contributed by atoms with Crippen LogP contribution in [0.3, 0.4) is 0 Å². The van der Waals surface area contributed by atoms with E-state index in [1.807, 2.05) is 34.6 Å². The van der Waals surface area contributed by atoms with Crippen LogP contribution in [-0.2, 0) is 9.47 Å². The van der Waals surface area contributed by atoms with Gasteiger partial charge in [-0.3, -0.25) is 0 Å². The van der Waals surface area contributed by atoms with Crippen molar-refractivity contribution in [1.82, 2.24) is 9.88 Å². The van der Waals surface area contributed by atoms with Gasteiger partial charge in [0.05, 0.1) is 0 Å². The Kier molecular flexibility index (Phi) is 12.7. The van der Waals surface area contributed by atoms with Gasteiger partial charge in [0.2, 0.25) is 0 Å². The Morgan fingerprint density at radius 1 is 1.21 bits per heavy atom. The van der Waals surface area contributed by atoms with E-state index in [-0.39, 0.29) is 17.9 Å². The second kappa shape index (κ2) is 13.5. The summed E-state index contributed by atoms with van der Waals surface area (Å²) in [5.74, 6) is -1.06. The Bertz CT molecular complexity index is 583. The minimum Gasteiger partial charge on any atom is -0.476 e. The number of ether oxygens (including phenoxy) is 2. The van der Waals surface area contributed by atoms with Gasteiger partial charge >= 0.3 is 12.1 Å². The van der Waals surface area contributed by atoms with E-state index in [0.29, 0.717) is 31.1 Å². The molecule has 0 radical (unpaired) electrons. The smallest absolute Gasteiger partial charge is 0.410 e. The van der Waals surface area contributed by atoms with Crippen molar-refractivity contribution in [2.24, 2.45) is 0 Å². The van der Waals surface area contributed by atoms with E-state index in [2.05, 4.69) is 18.8 Å². The average molecular weight is 417 g/mol. The lowest BCUT2D eigenvalue weighted by atomic mass is 10.2. The van der Waals surface area contributed by atoms with Crippen LogP contribution in [0.15, 0.2) is 5.38 Å². The van der Waals surface area contributed by atoms with Gasteiger partial charge in [-0.2, -0.15) is 0 Å². The lowest BCUT2D eigenvalue weighted by Crippen LogP contribution is -2.38.